The number of hydrogen-bond acceptors (Lipinski definition) is 3. The van der Waals surface area contributed by atoms with Gasteiger partial charge in [-0.3, -0.25) is 4.79 Å². The van der Waals surface area contributed by atoms with Crippen molar-refractivity contribution in [1.29, 1.82) is 0 Å². The second kappa shape index (κ2) is 8.67. The molecule has 0 heterocycles. The minimum absolute atomic E-state index is 0.0643. The van der Waals surface area contributed by atoms with Crippen LogP contribution < -0.4 is 10.6 Å². The average molecular weight is 263 g/mol. The number of hydrogen-bond donors (Lipinski definition) is 2. The Bertz CT molecular complexity index is 391. The second-order valence-electron chi connectivity index (χ2n) is 5.02. The minimum atomic E-state index is 0.0643. The van der Waals surface area contributed by atoms with Crippen LogP contribution >= 0.6 is 0 Å². The maximum Gasteiger partial charge on any atom is 0.225 e. The smallest absolute Gasteiger partial charge is 0.225 e. The highest BCUT2D eigenvalue weighted by atomic mass is 16.1. The van der Waals surface area contributed by atoms with Crippen LogP contribution in [0.25, 0.3) is 0 Å². The van der Waals surface area contributed by atoms with Gasteiger partial charge in [-0.25, -0.2) is 0 Å². The summed E-state index contributed by atoms with van der Waals surface area (Å²) in [6.45, 7) is 4.75. The largest absolute Gasteiger partial charge is 0.326 e. The molecule has 19 heavy (non-hydrogen) atoms. The fraction of sp³-hybridized carbons (Fsp3) is 0.533. The number of nitrogens with zero attached hydrogens (tertiary/aromatic N) is 1. The Kier molecular flexibility index (Phi) is 7.15. The number of amides is 1. The van der Waals surface area contributed by atoms with Gasteiger partial charge in [-0.15, -0.1) is 0 Å². The van der Waals surface area contributed by atoms with Gasteiger partial charge in [0.25, 0.3) is 0 Å². The normalized spacial score (nSPS) is 10.7. The van der Waals surface area contributed by atoms with Gasteiger partial charge in [-0.05, 0) is 52.2 Å². The van der Waals surface area contributed by atoms with E-state index in [1.54, 1.807) is 0 Å². The quantitative estimate of drug-likeness (QED) is 0.704. The van der Waals surface area contributed by atoms with Gasteiger partial charge in [0.05, 0.1) is 0 Å². The van der Waals surface area contributed by atoms with Gasteiger partial charge in [0.2, 0.25) is 5.91 Å². The van der Waals surface area contributed by atoms with Gasteiger partial charge in [0.1, 0.15) is 0 Å². The van der Waals surface area contributed by atoms with Crippen molar-refractivity contribution in [1.82, 2.24) is 10.2 Å². The molecular formula is C15H25N3O. The summed E-state index contributed by atoms with van der Waals surface area (Å²) in [5.74, 6) is 0.0643. The third-order valence-corrected chi connectivity index (χ3v) is 2.91. The molecule has 4 nitrogen and oxygen atoms in total. The first-order chi connectivity index (χ1) is 9.09. The van der Waals surface area contributed by atoms with Gasteiger partial charge >= 0.3 is 0 Å². The SMILES string of the molecule is Cc1ccccc1NC(=O)CCNCCCN(C)C. The summed E-state index contributed by atoms with van der Waals surface area (Å²) in [7, 11) is 4.13. The van der Waals surface area contributed by atoms with E-state index in [4.69, 9.17) is 0 Å². The van der Waals surface area contributed by atoms with Crippen LogP contribution in [0.3, 0.4) is 0 Å². The molecule has 1 aromatic rings. The van der Waals surface area contributed by atoms with E-state index in [1.165, 1.54) is 0 Å². The Morgan fingerprint density at radius 3 is 2.63 bits per heavy atom. The molecule has 0 fully saturated rings. The zero-order valence-corrected chi connectivity index (χ0v) is 12.2. The van der Waals surface area contributed by atoms with E-state index in [2.05, 4.69) is 29.6 Å². The first-order valence-electron chi connectivity index (χ1n) is 6.80. The Balaban J connectivity index is 2.13. The molecule has 1 rings (SSSR count). The van der Waals surface area contributed by atoms with E-state index < -0.39 is 0 Å². The number of aryl methyl sites for hydroxylation is 1. The first kappa shape index (κ1) is 15.7. The van der Waals surface area contributed by atoms with E-state index >= 15 is 0 Å². The Labute approximate surface area is 116 Å². The van der Waals surface area contributed by atoms with E-state index in [-0.39, 0.29) is 5.91 Å². The minimum Gasteiger partial charge on any atom is -0.326 e. The van der Waals surface area contributed by atoms with Gasteiger partial charge in [0.15, 0.2) is 0 Å². The van der Waals surface area contributed by atoms with Crippen molar-refractivity contribution in [2.24, 2.45) is 0 Å². The van der Waals surface area contributed by atoms with Crippen LogP contribution in [0.15, 0.2) is 24.3 Å². The molecule has 0 saturated heterocycles. The summed E-state index contributed by atoms with van der Waals surface area (Å²) in [6, 6.07) is 7.83. The summed E-state index contributed by atoms with van der Waals surface area (Å²) in [5, 5.41) is 6.22. The van der Waals surface area contributed by atoms with Crippen LogP contribution in [0.4, 0.5) is 5.69 Å². The van der Waals surface area contributed by atoms with Gasteiger partial charge in [0, 0.05) is 18.7 Å². The monoisotopic (exact) mass is 263 g/mol. The van der Waals surface area contributed by atoms with E-state index in [9.17, 15) is 4.79 Å². The molecule has 2 N–H and O–H groups in total. The molecule has 0 bridgehead atoms. The maximum atomic E-state index is 11.7. The Morgan fingerprint density at radius 2 is 1.95 bits per heavy atom. The lowest BCUT2D eigenvalue weighted by molar-refractivity contribution is -0.116. The van der Waals surface area contributed by atoms with Crippen molar-refractivity contribution < 1.29 is 4.79 Å². The van der Waals surface area contributed by atoms with Gasteiger partial charge in [-0.2, -0.15) is 0 Å². The molecule has 0 atom stereocenters. The molecule has 0 spiro atoms. The number of carbonyl (C=O) groups excluding carboxylic acids is 1. The number of para-hydroxylation sites is 1. The van der Waals surface area contributed by atoms with Crippen LogP contribution in [-0.2, 0) is 4.79 Å². The van der Waals surface area contributed by atoms with Crippen LogP contribution in [0.1, 0.15) is 18.4 Å². The van der Waals surface area contributed by atoms with Crippen molar-refractivity contribution in [2.45, 2.75) is 19.8 Å². The fourth-order valence-corrected chi connectivity index (χ4v) is 1.77. The lowest BCUT2D eigenvalue weighted by Gasteiger charge is -2.10. The van der Waals surface area contributed by atoms with Crippen LogP contribution in [0.5, 0.6) is 0 Å². The molecule has 1 amide bonds. The zero-order valence-electron chi connectivity index (χ0n) is 12.2. The van der Waals surface area contributed by atoms with Crippen LogP contribution in [0.2, 0.25) is 0 Å². The third-order valence-electron chi connectivity index (χ3n) is 2.91. The molecule has 0 aliphatic heterocycles. The van der Waals surface area contributed by atoms with E-state index in [0.717, 1.165) is 37.3 Å². The molecule has 0 aliphatic rings. The number of carbonyl (C=O) groups is 1. The molecule has 0 saturated carbocycles. The molecular weight excluding hydrogens is 238 g/mol. The topological polar surface area (TPSA) is 44.4 Å². The van der Waals surface area contributed by atoms with Crippen molar-refractivity contribution in [3.05, 3.63) is 29.8 Å². The predicted octanol–water partition coefficient (Wildman–Crippen LogP) is 1.86. The third kappa shape index (κ3) is 6.94. The molecule has 1 aromatic carbocycles. The molecule has 0 aromatic heterocycles. The molecule has 0 radical (unpaired) electrons. The lowest BCUT2D eigenvalue weighted by atomic mass is 10.2. The predicted molar refractivity (Wildman–Crippen MR) is 80.5 cm³/mol. The molecule has 0 unspecified atom stereocenters. The second-order valence-corrected chi connectivity index (χ2v) is 5.02. The summed E-state index contributed by atoms with van der Waals surface area (Å²) in [4.78, 5) is 13.9. The first-order valence-corrected chi connectivity index (χ1v) is 6.80. The number of benzene rings is 1. The van der Waals surface area contributed by atoms with Crippen molar-refractivity contribution >= 4 is 11.6 Å². The fourth-order valence-electron chi connectivity index (χ4n) is 1.77. The van der Waals surface area contributed by atoms with E-state index in [0.29, 0.717) is 6.42 Å². The van der Waals surface area contributed by atoms with Gasteiger partial charge < -0.3 is 15.5 Å². The van der Waals surface area contributed by atoms with Crippen molar-refractivity contribution in [2.75, 3.05) is 39.0 Å². The van der Waals surface area contributed by atoms with Crippen LogP contribution in [0, 0.1) is 6.92 Å². The highest BCUT2D eigenvalue weighted by molar-refractivity contribution is 5.91. The highest BCUT2D eigenvalue weighted by Crippen LogP contribution is 2.12. The Morgan fingerprint density at radius 1 is 1.21 bits per heavy atom. The standard InChI is InChI=1S/C15H25N3O/c1-13-7-4-5-8-14(13)17-15(19)9-11-16-10-6-12-18(2)3/h4-5,7-8,16H,6,9-12H2,1-3H3,(H,17,19). The zero-order chi connectivity index (χ0) is 14.1. The summed E-state index contributed by atoms with van der Waals surface area (Å²) in [5.41, 5.74) is 2.00. The highest BCUT2D eigenvalue weighted by Gasteiger charge is 2.03. The average Bonchev–Trinajstić information content (AvgIpc) is 2.36. The molecule has 4 heteroatoms. The number of nitrogens with one attached hydrogen (secondary N) is 2. The lowest BCUT2D eigenvalue weighted by Crippen LogP contribution is -2.25. The maximum absolute atomic E-state index is 11.7. The van der Waals surface area contributed by atoms with Crippen LogP contribution in [-0.4, -0.2) is 44.5 Å². The van der Waals surface area contributed by atoms with E-state index in [1.807, 2.05) is 31.2 Å². The van der Waals surface area contributed by atoms with Crippen molar-refractivity contribution in [3.63, 3.8) is 0 Å². The summed E-state index contributed by atoms with van der Waals surface area (Å²) in [6.07, 6.45) is 1.61. The number of rotatable bonds is 8. The molecule has 0 aliphatic carbocycles. The van der Waals surface area contributed by atoms with Gasteiger partial charge in [-0.1, -0.05) is 18.2 Å². The summed E-state index contributed by atoms with van der Waals surface area (Å²) >= 11 is 0. The van der Waals surface area contributed by atoms with Crippen molar-refractivity contribution in [3.8, 4) is 0 Å². The number of anilines is 1. The Hall–Kier alpha value is -1.39. The summed E-state index contributed by atoms with van der Waals surface area (Å²) < 4.78 is 0. The molecule has 106 valence electrons.